The van der Waals surface area contributed by atoms with Crippen LogP contribution in [0.2, 0.25) is 0 Å². The average Bonchev–Trinajstić information content (AvgIpc) is 2.33. The molecule has 0 aliphatic rings. The molecule has 2 heteroatoms. The molecular formula is C18H28O2. The third kappa shape index (κ3) is 4.36. The van der Waals surface area contributed by atoms with Crippen LogP contribution in [0.5, 0.6) is 0 Å². The van der Waals surface area contributed by atoms with Gasteiger partial charge in [-0.25, -0.2) is 4.79 Å². The van der Waals surface area contributed by atoms with Crippen molar-refractivity contribution in [2.75, 3.05) is 6.61 Å². The van der Waals surface area contributed by atoms with E-state index in [4.69, 9.17) is 4.74 Å². The highest BCUT2D eigenvalue weighted by Gasteiger charge is 2.22. The molecule has 0 aliphatic heterocycles. The number of rotatable bonds is 3. The summed E-state index contributed by atoms with van der Waals surface area (Å²) in [6, 6.07) is 6.14. The SMILES string of the molecule is CCCOC(=O)c1cc(C(C)(C)C)cc(C(C)(C)C)c1. The van der Waals surface area contributed by atoms with Crippen molar-refractivity contribution in [3.8, 4) is 0 Å². The molecule has 112 valence electrons. The Morgan fingerprint density at radius 3 is 1.75 bits per heavy atom. The first-order valence-electron chi connectivity index (χ1n) is 7.39. The highest BCUT2D eigenvalue weighted by molar-refractivity contribution is 5.90. The fraction of sp³-hybridized carbons (Fsp3) is 0.611. The summed E-state index contributed by atoms with van der Waals surface area (Å²) >= 11 is 0. The Bertz CT molecular complexity index is 441. The largest absolute Gasteiger partial charge is 0.462 e. The van der Waals surface area contributed by atoms with Crippen molar-refractivity contribution in [3.05, 3.63) is 34.9 Å². The molecule has 1 rings (SSSR count). The van der Waals surface area contributed by atoms with Crippen LogP contribution in [-0.4, -0.2) is 12.6 Å². The van der Waals surface area contributed by atoms with Gasteiger partial charge >= 0.3 is 5.97 Å². The smallest absolute Gasteiger partial charge is 0.338 e. The lowest BCUT2D eigenvalue weighted by Crippen LogP contribution is -2.18. The summed E-state index contributed by atoms with van der Waals surface area (Å²) < 4.78 is 5.27. The zero-order valence-corrected chi connectivity index (χ0v) is 14.0. The van der Waals surface area contributed by atoms with E-state index < -0.39 is 0 Å². The van der Waals surface area contributed by atoms with Crippen LogP contribution in [0.4, 0.5) is 0 Å². The summed E-state index contributed by atoms with van der Waals surface area (Å²) in [5.41, 5.74) is 3.04. The Kier molecular flexibility index (Phi) is 5.01. The average molecular weight is 276 g/mol. The Morgan fingerprint density at radius 1 is 0.950 bits per heavy atom. The maximum Gasteiger partial charge on any atom is 0.338 e. The van der Waals surface area contributed by atoms with Crippen molar-refractivity contribution in [3.63, 3.8) is 0 Å². The Labute approximate surface area is 123 Å². The zero-order valence-electron chi connectivity index (χ0n) is 14.0. The molecule has 2 nitrogen and oxygen atoms in total. The molecule has 1 aromatic rings. The molecule has 0 saturated heterocycles. The van der Waals surface area contributed by atoms with E-state index in [0.29, 0.717) is 12.2 Å². The minimum Gasteiger partial charge on any atom is -0.462 e. The van der Waals surface area contributed by atoms with Crippen molar-refractivity contribution in [2.24, 2.45) is 0 Å². The first-order chi connectivity index (χ1) is 9.05. The predicted molar refractivity (Wildman–Crippen MR) is 84.4 cm³/mol. The van der Waals surface area contributed by atoms with Gasteiger partial charge in [-0.05, 0) is 40.5 Å². The van der Waals surface area contributed by atoms with Crippen LogP contribution in [0.1, 0.15) is 76.4 Å². The predicted octanol–water partition coefficient (Wildman–Crippen LogP) is 4.85. The third-order valence-electron chi connectivity index (χ3n) is 3.34. The van der Waals surface area contributed by atoms with E-state index in [1.54, 1.807) is 0 Å². The number of ether oxygens (including phenoxy) is 1. The van der Waals surface area contributed by atoms with Gasteiger partial charge in [0.2, 0.25) is 0 Å². The van der Waals surface area contributed by atoms with Crippen molar-refractivity contribution >= 4 is 5.97 Å². The van der Waals surface area contributed by atoms with E-state index in [1.165, 1.54) is 11.1 Å². The number of carbonyl (C=O) groups is 1. The van der Waals surface area contributed by atoms with Gasteiger partial charge in [-0.15, -0.1) is 0 Å². The highest BCUT2D eigenvalue weighted by Crippen LogP contribution is 2.30. The van der Waals surface area contributed by atoms with Crippen LogP contribution in [0, 0.1) is 0 Å². The van der Waals surface area contributed by atoms with E-state index >= 15 is 0 Å². The molecule has 0 atom stereocenters. The first kappa shape index (κ1) is 16.7. The maximum atomic E-state index is 12.1. The fourth-order valence-corrected chi connectivity index (χ4v) is 1.89. The van der Waals surface area contributed by atoms with Crippen LogP contribution in [0.3, 0.4) is 0 Å². The van der Waals surface area contributed by atoms with Crippen molar-refractivity contribution in [2.45, 2.75) is 65.7 Å². The summed E-state index contributed by atoms with van der Waals surface area (Å²) in [6.07, 6.45) is 0.844. The third-order valence-corrected chi connectivity index (χ3v) is 3.34. The molecule has 0 spiro atoms. The van der Waals surface area contributed by atoms with E-state index in [2.05, 4.69) is 47.6 Å². The Balaban J connectivity index is 3.27. The monoisotopic (exact) mass is 276 g/mol. The normalized spacial score (nSPS) is 12.3. The molecular weight excluding hydrogens is 248 g/mol. The molecule has 0 amide bonds. The Hall–Kier alpha value is -1.31. The lowest BCUT2D eigenvalue weighted by Gasteiger charge is -2.25. The van der Waals surface area contributed by atoms with Gasteiger partial charge in [-0.1, -0.05) is 54.5 Å². The van der Waals surface area contributed by atoms with Crippen LogP contribution in [0.25, 0.3) is 0 Å². The minimum absolute atomic E-state index is 0.0149. The maximum absolute atomic E-state index is 12.1. The van der Waals surface area contributed by atoms with E-state index in [-0.39, 0.29) is 16.8 Å². The van der Waals surface area contributed by atoms with Gasteiger partial charge in [0, 0.05) is 0 Å². The molecule has 1 aromatic carbocycles. The van der Waals surface area contributed by atoms with Crippen molar-refractivity contribution in [1.82, 2.24) is 0 Å². The van der Waals surface area contributed by atoms with Gasteiger partial charge < -0.3 is 4.74 Å². The van der Waals surface area contributed by atoms with Gasteiger partial charge in [0.05, 0.1) is 12.2 Å². The summed E-state index contributed by atoms with van der Waals surface area (Å²) in [4.78, 5) is 12.1. The van der Waals surface area contributed by atoms with E-state index in [0.717, 1.165) is 6.42 Å². The molecule has 0 aliphatic carbocycles. The van der Waals surface area contributed by atoms with Gasteiger partial charge in [-0.3, -0.25) is 0 Å². The van der Waals surface area contributed by atoms with Crippen LogP contribution >= 0.6 is 0 Å². The van der Waals surface area contributed by atoms with E-state index in [1.807, 2.05) is 19.1 Å². The summed E-state index contributed by atoms with van der Waals surface area (Å²) in [5.74, 6) is -0.219. The minimum atomic E-state index is -0.219. The van der Waals surface area contributed by atoms with Crippen LogP contribution in [-0.2, 0) is 15.6 Å². The quantitative estimate of drug-likeness (QED) is 0.738. The molecule has 0 radical (unpaired) electrons. The lowest BCUT2D eigenvalue weighted by molar-refractivity contribution is 0.0505. The van der Waals surface area contributed by atoms with Gasteiger partial charge in [-0.2, -0.15) is 0 Å². The molecule has 0 saturated carbocycles. The van der Waals surface area contributed by atoms with Crippen molar-refractivity contribution < 1.29 is 9.53 Å². The van der Waals surface area contributed by atoms with Gasteiger partial charge in [0.25, 0.3) is 0 Å². The van der Waals surface area contributed by atoms with Crippen LogP contribution in [0.15, 0.2) is 18.2 Å². The number of carbonyl (C=O) groups excluding carboxylic acids is 1. The zero-order chi connectivity index (χ0) is 15.6. The number of esters is 1. The van der Waals surface area contributed by atoms with Gasteiger partial charge in [0.15, 0.2) is 0 Å². The highest BCUT2D eigenvalue weighted by atomic mass is 16.5. The molecule has 0 bridgehead atoms. The number of hydrogen-bond donors (Lipinski definition) is 0. The molecule has 0 unspecified atom stereocenters. The number of benzene rings is 1. The second kappa shape index (κ2) is 5.99. The molecule has 0 N–H and O–H groups in total. The van der Waals surface area contributed by atoms with Crippen LogP contribution < -0.4 is 0 Å². The fourth-order valence-electron chi connectivity index (χ4n) is 1.89. The summed E-state index contributed by atoms with van der Waals surface area (Å²) in [7, 11) is 0. The molecule has 0 fully saturated rings. The van der Waals surface area contributed by atoms with E-state index in [9.17, 15) is 4.79 Å². The van der Waals surface area contributed by atoms with Crippen molar-refractivity contribution in [1.29, 1.82) is 0 Å². The van der Waals surface area contributed by atoms with Gasteiger partial charge in [0.1, 0.15) is 0 Å². The Morgan fingerprint density at radius 2 is 1.40 bits per heavy atom. The molecule has 20 heavy (non-hydrogen) atoms. The number of hydrogen-bond acceptors (Lipinski definition) is 2. The second-order valence-corrected chi connectivity index (χ2v) is 7.43. The second-order valence-electron chi connectivity index (χ2n) is 7.43. The summed E-state index contributed by atoms with van der Waals surface area (Å²) in [6.45, 7) is 15.5. The summed E-state index contributed by atoms with van der Waals surface area (Å²) in [5, 5.41) is 0. The lowest BCUT2D eigenvalue weighted by atomic mass is 9.79. The first-order valence-corrected chi connectivity index (χ1v) is 7.39. The standard InChI is InChI=1S/C18H28O2/c1-8-9-20-16(19)13-10-14(17(2,3)4)12-15(11-13)18(5,6)7/h10-12H,8-9H2,1-7H3. The topological polar surface area (TPSA) is 26.3 Å². The molecule has 0 heterocycles. The molecule has 0 aromatic heterocycles.